The van der Waals surface area contributed by atoms with Gasteiger partial charge in [-0.1, -0.05) is 12.1 Å². The van der Waals surface area contributed by atoms with E-state index in [9.17, 15) is 14.4 Å². The number of carbonyl (C=O) groups is 3. The molecule has 0 unspecified atom stereocenters. The van der Waals surface area contributed by atoms with Gasteiger partial charge in [0.05, 0.1) is 5.52 Å². The van der Waals surface area contributed by atoms with Gasteiger partial charge in [0.25, 0.3) is 0 Å². The molecule has 1 saturated heterocycles. The van der Waals surface area contributed by atoms with Gasteiger partial charge in [0, 0.05) is 48.3 Å². The number of likely N-dealkylation sites (tertiary alicyclic amines) is 1. The van der Waals surface area contributed by atoms with Crippen LogP contribution in [-0.2, 0) is 16.1 Å². The number of hydrogen-bond acceptors (Lipinski definition) is 8. The van der Waals surface area contributed by atoms with E-state index >= 15 is 0 Å². The van der Waals surface area contributed by atoms with E-state index in [1.54, 1.807) is 40.2 Å². The average molecular weight is 632 g/mol. The molecule has 2 amide bonds. The van der Waals surface area contributed by atoms with E-state index in [-0.39, 0.29) is 41.3 Å². The summed E-state index contributed by atoms with van der Waals surface area (Å²) in [5, 5.41) is 8.11. The first-order chi connectivity index (χ1) is 20.0. The number of piperidine rings is 1. The molecule has 2 fully saturated rings. The number of aromatic nitrogens is 5. The van der Waals surface area contributed by atoms with E-state index in [0.29, 0.717) is 33.6 Å². The number of nitrogens with zero attached hydrogens (tertiary/aromatic N) is 7. The van der Waals surface area contributed by atoms with Gasteiger partial charge in [-0.15, -0.1) is 0 Å². The lowest BCUT2D eigenvalue weighted by Gasteiger charge is -2.27. The summed E-state index contributed by atoms with van der Waals surface area (Å²) in [4.78, 5) is 56.8. The minimum absolute atomic E-state index is 0.0409. The van der Waals surface area contributed by atoms with Crippen LogP contribution in [0.3, 0.4) is 0 Å². The molecule has 0 bridgehead atoms. The molecule has 42 heavy (non-hydrogen) atoms. The Balaban J connectivity index is 1.30. The van der Waals surface area contributed by atoms with Crippen molar-refractivity contribution in [1.82, 2.24) is 34.5 Å². The summed E-state index contributed by atoms with van der Waals surface area (Å²) < 4.78 is 2.18. The molecule has 4 heterocycles. The van der Waals surface area contributed by atoms with Crippen LogP contribution >= 0.6 is 15.9 Å². The van der Waals surface area contributed by atoms with Gasteiger partial charge in [-0.3, -0.25) is 19.1 Å². The fourth-order valence-electron chi connectivity index (χ4n) is 6.25. The summed E-state index contributed by atoms with van der Waals surface area (Å²) in [5.74, 6) is 0.413. The number of anilines is 1. The van der Waals surface area contributed by atoms with E-state index in [0.717, 1.165) is 24.1 Å². The largest absolute Gasteiger partial charge is 0.325 e. The molecule has 0 radical (unpaired) electrons. The molecule has 11 nitrogen and oxygen atoms in total. The maximum absolute atomic E-state index is 14.0. The summed E-state index contributed by atoms with van der Waals surface area (Å²) in [6.45, 7) is 3.97. The number of amides is 2. The van der Waals surface area contributed by atoms with E-state index in [1.165, 1.54) is 6.92 Å². The SMILES string of the molecule is CC(=O)c1nn(CC(=O)N2[C@@H](C(=O)Nc3cccc(Br)n3)C[C@@]3(CN(C)C)C[C@@H]23)c2ccc(-c3cnc(C)nc3)cc12. The molecule has 1 aliphatic heterocycles. The number of halogens is 1. The summed E-state index contributed by atoms with van der Waals surface area (Å²) in [5.41, 5.74) is 2.49. The Morgan fingerprint density at radius 1 is 1.10 bits per heavy atom. The van der Waals surface area contributed by atoms with Crippen molar-refractivity contribution < 1.29 is 14.4 Å². The first-order valence-electron chi connectivity index (χ1n) is 13.7. The number of fused-ring (bicyclic) bond motifs is 2. The molecule has 12 heteroatoms. The zero-order valence-electron chi connectivity index (χ0n) is 23.8. The van der Waals surface area contributed by atoms with Crippen LogP contribution < -0.4 is 5.32 Å². The molecule has 4 aromatic rings. The van der Waals surface area contributed by atoms with Gasteiger partial charge >= 0.3 is 0 Å². The number of ketones is 1. The molecule has 1 aromatic carbocycles. The van der Waals surface area contributed by atoms with Gasteiger partial charge in [-0.05, 0) is 79.6 Å². The molecule has 1 aliphatic carbocycles. The van der Waals surface area contributed by atoms with Crippen LogP contribution in [0.25, 0.3) is 22.0 Å². The van der Waals surface area contributed by atoms with Gasteiger partial charge in [0.2, 0.25) is 11.8 Å². The Kier molecular flexibility index (Phi) is 7.14. The molecule has 0 spiro atoms. The number of aryl methyl sites for hydroxylation is 1. The quantitative estimate of drug-likeness (QED) is 0.231. The van der Waals surface area contributed by atoms with Crippen LogP contribution in [0.15, 0.2) is 53.4 Å². The first kappa shape index (κ1) is 28.1. The van der Waals surface area contributed by atoms with Crippen molar-refractivity contribution >= 4 is 50.2 Å². The number of pyridine rings is 1. The Morgan fingerprint density at radius 3 is 2.55 bits per heavy atom. The smallest absolute Gasteiger partial charge is 0.248 e. The Hall–Kier alpha value is -4.03. The number of benzene rings is 1. The molecule has 3 atom stereocenters. The molecular formula is C30H31BrN8O3. The van der Waals surface area contributed by atoms with Crippen LogP contribution in [0.1, 0.15) is 36.1 Å². The Morgan fingerprint density at radius 2 is 1.86 bits per heavy atom. The second-order valence-electron chi connectivity index (χ2n) is 11.5. The van der Waals surface area contributed by atoms with Crippen molar-refractivity contribution in [3.8, 4) is 11.1 Å². The zero-order valence-corrected chi connectivity index (χ0v) is 25.4. The standard InChI is InChI=1S/C30H31BrN8O3/c1-17(40)28-21-10-19(20-13-32-18(2)33-14-20)8-9-22(21)38(36-28)15-27(41)39-23(11-30(12-24(30)39)16-37(3)4)29(42)35-26-7-5-6-25(31)34-26/h5-10,13-14,23-24H,11-12,15-16H2,1-4H3,(H,34,35,42)/t23-,24-,30+/m1/s1. The van der Waals surface area contributed by atoms with Crippen LogP contribution in [0.4, 0.5) is 5.82 Å². The van der Waals surface area contributed by atoms with Crippen LogP contribution in [0, 0.1) is 12.3 Å². The van der Waals surface area contributed by atoms with Crippen LogP contribution in [0.5, 0.6) is 0 Å². The molecule has 1 saturated carbocycles. The lowest BCUT2D eigenvalue weighted by Crippen LogP contribution is -2.46. The molecule has 3 aromatic heterocycles. The lowest BCUT2D eigenvalue weighted by molar-refractivity contribution is -0.138. The topological polar surface area (TPSA) is 126 Å². The Bertz CT molecular complexity index is 1720. The first-order valence-corrected chi connectivity index (χ1v) is 14.5. The molecule has 2 aliphatic rings. The minimum Gasteiger partial charge on any atom is -0.325 e. The maximum atomic E-state index is 14.0. The number of carbonyl (C=O) groups excluding carboxylic acids is 3. The summed E-state index contributed by atoms with van der Waals surface area (Å²) in [7, 11) is 4.01. The second kappa shape index (κ2) is 10.7. The van der Waals surface area contributed by atoms with Gasteiger partial charge in [-0.25, -0.2) is 15.0 Å². The minimum atomic E-state index is -0.640. The van der Waals surface area contributed by atoms with E-state index in [1.807, 2.05) is 39.2 Å². The van der Waals surface area contributed by atoms with Gasteiger partial charge in [0.15, 0.2) is 5.78 Å². The predicted molar refractivity (Wildman–Crippen MR) is 161 cm³/mol. The fourth-order valence-corrected chi connectivity index (χ4v) is 6.59. The van der Waals surface area contributed by atoms with Crippen molar-refractivity contribution in [3.05, 3.63) is 64.9 Å². The molecule has 1 N–H and O–H groups in total. The summed E-state index contributed by atoms with van der Waals surface area (Å²) >= 11 is 3.34. The van der Waals surface area contributed by atoms with Crippen molar-refractivity contribution in [2.75, 3.05) is 26.0 Å². The third-order valence-corrected chi connectivity index (χ3v) is 8.53. The second-order valence-corrected chi connectivity index (χ2v) is 12.3. The third-order valence-electron chi connectivity index (χ3n) is 8.09. The van der Waals surface area contributed by atoms with Crippen LogP contribution in [0.2, 0.25) is 0 Å². The number of nitrogens with one attached hydrogen (secondary N) is 1. The monoisotopic (exact) mass is 630 g/mol. The predicted octanol–water partition coefficient (Wildman–Crippen LogP) is 3.72. The highest BCUT2D eigenvalue weighted by Crippen LogP contribution is 2.60. The van der Waals surface area contributed by atoms with Crippen molar-refractivity contribution in [2.24, 2.45) is 5.41 Å². The van der Waals surface area contributed by atoms with Crippen molar-refractivity contribution in [1.29, 1.82) is 0 Å². The van der Waals surface area contributed by atoms with Gasteiger partial charge in [-0.2, -0.15) is 5.10 Å². The van der Waals surface area contributed by atoms with Crippen molar-refractivity contribution in [2.45, 2.75) is 45.3 Å². The lowest BCUT2D eigenvalue weighted by atomic mass is 9.98. The maximum Gasteiger partial charge on any atom is 0.248 e. The van der Waals surface area contributed by atoms with Gasteiger partial charge < -0.3 is 15.1 Å². The highest BCUT2D eigenvalue weighted by molar-refractivity contribution is 9.10. The molecule has 216 valence electrons. The normalized spacial score (nSPS) is 21.0. The van der Waals surface area contributed by atoms with E-state index < -0.39 is 6.04 Å². The Labute approximate surface area is 251 Å². The average Bonchev–Trinajstić information content (AvgIpc) is 3.33. The van der Waals surface area contributed by atoms with Gasteiger partial charge in [0.1, 0.15) is 34.5 Å². The van der Waals surface area contributed by atoms with E-state index in [2.05, 4.69) is 46.2 Å². The highest BCUT2D eigenvalue weighted by atomic mass is 79.9. The summed E-state index contributed by atoms with van der Waals surface area (Å²) in [6, 6.07) is 10.3. The third kappa shape index (κ3) is 5.20. The van der Waals surface area contributed by atoms with Crippen LogP contribution in [-0.4, -0.2) is 84.9 Å². The number of rotatable bonds is 8. The summed E-state index contributed by atoms with van der Waals surface area (Å²) in [6.07, 6.45) is 4.89. The number of hydrogen-bond donors (Lipinski definition) is 1. The van der Waals surface area contributed by atoms with E-state index in [4.69, 9.17) is 0 Å². The fraction of sp³-hybridized carbons (Fsp3) is 0.367. The zero-order chi connectivity index (χ0) is 29.8. The molecule has 6 rings (SSSR count). The number of Topliss-reactive ketones (excluding diaryl/α,β-unsaturated/α-hetero) is 1. The van der Waals surface area contributed by atoms with Crippen molar-refractivity contribution in [3.63, 3.8) is 0 Å². The highest BCUT2D eigenvalue weighted by Gasteiger charge is 2.67. The molecular weight excluding hydrogens is 600 g/mol.